The molecule has 6 nitrogen and oxygen atoms in total. The number of hydrogen-bond acceptors (Lipinski definition) is 4. The molecule has 1 N–H and O–H groups in total. The third-order valence-corrected chi connectivity index (χ3v) is 6.27. The van der Waals surface area contributed by atoms with Crippen LogP contribution in [0.3, 0.4) is 0 Å². The molecule has 2 aromatic carbocycles. The van der Waals surface area contributed by atoms with Crippen LogP contribution in [0.2, 0.25) is 15.1 Å². The molecule has 0 aromatic heterocycles. The summed E-state index contributed by atoms with van der Waals surface area (Å²) < 4.78 is 30.8. The number of benzene rings is 2. The number of ether oxygens (including phenoxy) is 1. The van der Waals surface area contributed by atoms with Gasteiger partial charge in [0.25, 0.3) is 0 Å². The monoisotopic (exact) mass is 478 g/mol. The molecule has 0 aliphatic carbocycles. The molecule has 0 saturated heterocycles. The number of amides is 1. The number of aryl methyl sites for hydroxylation is 2. The zero-order valence-electron chi connectivity index (χ0n) is 16.1. The quantitative estimate of drug-likeness (QED) is 0.454. The van der Waals surface area contributed by atoms with E-state index < -0.39 is 22.5 Å². The van der Waals surface area contributed by atoms with E-state index >= 15 is 0 Å². The second-order valence-corrected chi connectivity index (χ2v) is 9.56. The summed E-state index contributed by atoms with van der Waals surface area (Å²) in [5, 5.41) is 3.00. The molecule has 0 radical (unpaired) electrons. The van der Waals surface area contributed by atoms with Crippen molar-refractivity contribution in [1.29, 1.82) is 0 Å². The Morgan fingerprint density at radius 2 is 1.69 bits per heavy atom. The molecule has 0 unspecified atom stereocenters. The van der Waals surface area contributed by atoms with Crippen LogP contribution in [-0.2, 0) is 14.8 Å². The van der Waals surface area contributed by atoms with Crippen LogP contribution in [0.4, 0.5) is 5.69 Å². The minimum Gasteiger partial charge on any atom is -0.492 e. The van der Waals surface area contributed by atoms with Gasteiger partial charge in [-0.3, -0.25) is 9.10 Å². The van der Waals surface area contributed by atoms with E-state index in [1.807, 2.05) is 32.0 Å². The summed E-state index contributed by atoms with van der Waals surface area (Å²) in [6.07, 6.45) is 0.974. The molecule has 0 spiro atoms. The highest BCUT2D eigenvalue weighted by molar-refractivity contribution is 7.92. The van der Waals surface area contributed by atoms with Crippen molar-refractivity contribution in [2.75, 3.05) is 30.3 Å². The van der Waals surface area contributed by atoms with Crippen molar-refractivity contribution in [3.05, 3.63) is 56.5 Å². The van der Waals surface area contributed by atoms with Crippen LogP contribution in [0.25, 0.3) is 0 Å². The summed E-state index contributed by atoms with van der Waals surface area (Å²) >= 11 is 18.0. The molecular formula is C19H21Cl3N2O4S. The highest BCUT2D eigenvalue weighted by Crippen LogP contribution is 2.35. The van der Waals surface area contributed by atoms with Gasteiger partial charge in [0.15, 0.2) is 0 Å². The van der Waals surface area contributed by atoms with Crippen molar-refractivity contribution in [3.8, 4) is 5.75 Å². The smallest absolute Gasteiger partial charge is 0.240 e. The van der Waals surface area contributed by atoms with Crippen LogP contribution in [0.1, 0.15) is 11.1 Å². The van der Waals surface area contributed by atoms with E-state index in [4.69, 9.17) is 39.5 Å². The van der Waals surface area contributed by atoms with E-state index in [2.05, 4.69) is 5.32 Å². The molecule has 10 heteroatoms. The largest absolute Gasteiger partial charge is 0.492 e. The van der Waals surface area contributed by atoms with Crippen LogP contribution in [0.5, 0.6) is 5.75 Å². The molecule has 2 rings (SSSR count). The summed E-state index contributed by atoms with van der Waals surface area (Å²) in [5.74, 6) is 0.184. The Bertz CT molecular complexity index is 1010. The lowest BCUT2D eigenvalue weighted by Gasteiger charge is -2.23. The summed E-state index contributed by atoms with van der Waals surface area (Å²) in [6.45, 7) is 3.98. The maximum atomic E-state index is 12.3. The van der Waals surface area contributed by atoms with Crippen molar-refractivity contribution in [1.82, 2.24) is 5.32 Å². The van der Waals surface area contributed by atoms with E-state index in [1.54, 1.807) is 0 Å². The molecule has 0 aliphatic heterocycles. The highest BCUT2D eigenvalue weighted by Gasteiger charge is 2.24. The van der Waals surface area contributed by atoms with Gasteiger partial charge in [-0.05, 0) is 49.2 Å². The van der Waals surface area contributed by atoms with E-state index in [0.717, 1.165) is 21.7 Å². The number of carbonyl (C=O) groups is 1. The minimum atomic E-state index is -3.79. The van der Waals surface area contributed by atoms with Crippen molar-refractivity contribution in [3.63, 3.8) is 0 Å². The van der Waals surface area contributed by atoms with Crippen LogP contribution in [-0.4, -0.2) is 40.3 Å². The normalized spacial score (nSPS) is 11.2. The van der Waals surface area contributed by atoms with Gasteiger partial charge in [0, 0.05) is 0 Å². The zero-order valence-corrected chi connectivity index (χ0v) is 19.2. The van der Waals surface area contributed by atoms with Crippen LogP contribution in [0.15, 0.2) is 30.3 Å². The average Bonchev–Trinajstić information content (AvgIpc) is 2.62. The van der Waals surface area contributed by atoms with E-state index in [1.165, 1.54) is 12.1 Å². The lowest BCUT2D eigenvalue weighted by atomic mass is 10.1. The number of hydrogen-bond donors (Lipinski definition) is 1. The Morgan fingerprint density at radius 3 is 2.31 bits per heavy atom. The van der Waals surface area contributed by atoms with Crippen molar-refractivity contribution in [2.24, 2.45) is 0 Å². The number of halogens is 3. The maximum absolute atomic E-state index is 12.3. The van der Waals surface area contributed by atoms with Crippen LogP contribution < -0.4 is 14.4 Å². The van der Waals surface area contributed by atoms with Crippen LogP contribution >= 0.6 is 34.8 Å². The first-order valence-corrected chi connectivity index (χ1v) is 11.6. The SMILES string of the molecule is Cc1ccc(OCCNC(=O)CN(c2cc(Cl)c(Cl)cc2Cl)S(C)(=O)=O)cc1C. The number of carbonyl (C=O) groups excluding carboxylic acids is 1. The molecule has 0 bridgehead atoms. The number of nitrogens with zero attached hydrogens (tertiary/aromatic N) is 1. The minimum absolute atomic E-state index is 0.0655. The molecule has 2 aromatic rings. The molecule has 29 heavy (non-hydrogen) atoms. The van der Waals surface area contributed by atoms with Gasteiger partial charge in [-0.25, -0.2) is 8.42 Å². The number of anilines is 1. The Balaban J connectivity index is 1.98. The van der Waals surface area contributed by atoms with E-state index in [0.29, 0.717) is 5.75 Å². The molecule has 0 aliphatic rings. The molecule has 0 heterocycles. The second-order valence-electron chi connectivity index (χ2n) is 6.43. The predicted octanol–water partition coefficient (Wildman–Crippen LogP) is 4.22. The molecule has 158 valence electrons. The summed E-state index contributed by atoms with van der Waals surface area (Å²) in [4.78, 5) is 12.3. The highest BCUT2D eigenvalue weighted by atomic mass is 35.5. The van der Waals surface area contributed by atoms with Gasteiger partial charge in [-0.15, -0.1) is 0 Å². The maximum Gasteiger partial charge on any atom is 0.240 e. The summed E-state index contributed by atoms with van der Waals surface area (Å²) in [5.41, 5.74) is 2.34. The van der Waals surface area contributed by atoms with E-state index in [9.17, 15) is 13.2 Å². The lowest BCUT2D eigenvalue weighted by Crippen LogP contribution is -2.41. The van der Waals surface area contributed by atoms with Gasteiger partial charge in [0.1, 0.15) is 18.9 Å². The Hall–Kier alpha value is -1.67. The first-order chi connectivity index (χ1) is 13.5. The third-order valence-electron chi connectivity index (χ3n) is 4.12. The molecule has 0 saturated carbocycles. The number of nitrogens with one attached hydrogen (secondary N) is 1. The first kappa shape index (κ1) is 23.6. The fraction of sp³-hybridized carbons (Fsp3) is 0.316. The molecule has 1 amide bonds. The van der Waals surface area contributed by atoms with Gasteiger partial charge in [-0.1, -0.05) is 40.9 Å². The second kappa shape index (κ2) is 9.89. The van der Waals surface area contributed by atoms with E-state index in [-0.39, 0.29) is 33.9 Å². The Morgan fingerprint density at radius 1 is 1.03 bits per heavy atom. The summed E-state index contributed by atoms with van der Waals surface area (Å²) in [7, 11) is -3.79. The summed E-state index contributed by atoms with van der Waals surface area (Å²) in [6, 6.07) is 8.35. The third kappa shape index (κ3) is 6.67. The number of rotatable bonds is 8. The Labute approximate surface area is 185 Å². The van der Waals surface area contributed by atoms with Gasteiger partial charge in [0.2, 0.25) is 15.9 Å². The fourth-order valence-electron chi connectivity index (χ4n) is 2.43. The Kier molecular flexibility index (Phi) is 8.05. The number of sulfonamides is 1. The fourth-order valence-corrected chi connectivity index (χ4v) is 3.99. The zero-order chi connectivity index (χ0) is 21.8. The molecule has 0 fully saturated rings. The van der Waals surface area contributed by atoms with Crippen molar-refractivity contribution in [2.45, 2.75) is 13.8 Å². The first-order valence-electron chi connectivity index (χ1n) is 8.58. The van der Waals surface area contributed by atoms with Crippen molar-refractivity contribution < 1.29 is 17.9 Å². The lowest BCUT2D eigenvalue weighted by molar-refractivity contribution is -0.119. The standard InChI is InChI=1S/C19H21Cl3N2O4S/c1-12-4-5-14(8-13(12)2)28-7-6-23-19(25)11-24(29(3,26)27)18-10-16(21)15(20)9-17(18)22/h4-5,8-10H,6-7,11H2,1-3H3,(H,23,25). The average molecular weight is 480 g/mol. The van der Waals surface area contributed by atoms with Gasteiger partial charge in [0.05, 0.1) is 33.6 Å². The van der Waals surface area contributed by atoms with Gasteiger partial charge in [-0.2, -0.15) is 0 Å². The molecular weight excluding hydrogens is 459 g/mol. The van der Waals surface area contributed by atoms with Gasteiger partial charge < -0.3 is 10.1 Å². The predicted molar refractivity (Wildman–Crippen MR) is 118 cm³/mol. The van der Waals surface area contributed by atoms with Crippen molar-refractivity contribution >= 4 is 56.4 Å². The topological polar surface area (TPSA) is 75.7 Å². The van der Waals surface area contributed by atoms with Crippen LogP contribution in [0, 0.1) is 13.8 Å². The van der Waals surface area contributed by atoms with Gasteiger partial charge >= 0.3 is 0 Å². The molecule has 0 atom stereocenters.